The van der Waals surface area contributed by atoms with Gasteiger partial charge in [-0.2, -0.15) is 4.68 Å². The topological polar surface area (TPSA) is 43.1 Å². The van der Waals surface area contributed by atoms with Gasteiger partial charge in [0.15, 0.2) is 0 Å². The van der Waals surface area contributed by atoms with Crippen molar-refractivity contribution >= 4 is 12.4 Å². The lowest BCUT2D eigenvalue weighted by atomic mass is 10.0. The average Bonchev–Trinajstić information content (AvgIpc) is 2.95. The van der Waals surface area contributed by atoms with Gasteiger partial charge in [0, 0.05) is 19.0 Å². The maximum absolute atomic E-state index is 13.0. The molecular weight excluding hydrogens is 336 g/mol. The Hall–Kier alpha value is -1.59. The van der Waals surface area contributed by atoms with Gasteiger partial charge in [-0.25, -0.2) is 4.79 Å². The van der Waals surface area contributed by atoms with Crippen molar-refractivity contribution < 1.29 is 0 Å². The third-order valence-electron chi connectivity index (χ3n) is 4.78. The third-order valence-corrected chi connectivity index (χ3v) is 4.78. The van der Waals surface area contributed by atoms with E-state index in [2.05, 4.69) is 32.6 Å². The van der Waals surface area contributed by atoms with Crippen LogP contribution in [0.5, 0.6) is 0 Å². The summed E-state index contributed by atoms with van der Waals surface area (Å²) in [7, 11) is 0. The van der Waals surface area contributed by atoms with Crippen LogP contribution in [-0.4, -0.2) is 38.9 Å². The molecule has 140 valence electrons. The van der Waals surface area contributed by atoms with E-state index < -0.39 is 0 Å². The number of nitrogens with zero attached hydrogens (tertiary/aromatic N) is 4. The molecule has 0 fully saturated rings. The average molecular weight is 367 g/mol. The second-order valence-electron chi connectivity index (χ2n) is 6.08. The van der Waals surface area contributed by atoms with Gasteiger partial charge in [0.05, 0.1) is 5.69 Å². The number of hydrogen-bond acceptors (Lipinski definition) is 3. The molecule has 0 radical (unpaired) electrons. The van der Waals surface area contributed by atoms with Gasteiger partial charge in [0.25, 0.3) is 0 Å². The molecule has 1 heterocycles. The van der Waals surface area contributed by atoms with E-state index in [0.29, 0.717) is 12.5 Å². The molecular formula is C19H31ClN4O. The first-order valence-electron chi connectivity index (χ1n) is 9.13. The van der Waals surface area contributed by atoms with E-state index >= 15 is 0 Å². The number of hydrogen-bond donors (Lipinski definition) is 0. The van der Waals surface area contributed by atoms with Crippen molar-refractivity contribution in [3.05, 3.63) is 46.6 Å². The quantitative estimate of drug-likeness (QED) is 0.679. The second kappa shape index (κ2) is 10.4. The Morgan fingerprint density at radius 1 is 1.04 bits per heavy atom. The molecule has 0 aliphatic rings. The van der Waals surface area contributed by atoms with E-state index in [1.807, 2.05) is 34.9 Å². The molecule has 5 nitrogen and oxygen atoms in total. The van der Waals surface area contributed by atoms with Crippen LogP contribution in [0.3, 0.4) is 0 Å². The lowest BCUT2D eigenvalue weighted by Crippen LogP contribution is -2.32. The summed E-state index contributed by atoms with van der Waals surface area (Å²) in [5, 5.41) is 4.70. The number of para-hydroxylation sites is 1. The number of aromatic nitrogens is 3. The molecule has 0 amide bonds. The monoisotopic (exact) mass is 366 g/mol. The summed E-state index contributed by atoms with van der Waals surface area (Å²) >= 11 is 0. The zero-order valence-electron chi connectivity index (χ0n) is 15.8. The Kier molecular flexibility index (Phi) is 8.93. The molecule has 2 aromatic rings. The summed E-state index contributed by atoms with van der Waals surface area (Å²) in [5.41, 5.74) is 0.798. The zero-order chi connectivity index (χ0) is 17.5. The van der Waals surface area contributed by atoms with Crippen LogP contribution in [0.4, 0.5) is 0 Å². The lowest BCUT2D eigenvalue weighted by Gasteiger charge is -2.19. The minimum absolute atomic E-state index is 0. The first-order chi connectivity index (χ1) is 11.7. The summed E-state index contributed by atoms with van der Waals surface area (Å²) in [6, 6.07) is 9.69. The highest BCUT2D eigenvalue weighted by atomic mass is 35.5. The van der Waals surface area contributed by atoms with E-state index in [1.165, 1.54) is 0 Å². The van der Waals surface area contributed by atoms with Crippen LogP contribution < -0.4 is 5.69 Å². The highest BCUT2D eigenvalue weighted by molar-refractivity contribution is 5.85. The largest absolute Gasteiger partial charge is 0.350 e. The minimum Gasteiger partial charge on any atom is -0.302 e. The normalized spacial score (nSPS) is 11.1. The number of rotatable bonds is 9. The van der Waals surface area contributed by atoms with Crippen LogP contribution in [0.25, 0.3) is 5.69 Å². The van der Waals surface area contributed by atoms with Gasteiger partial charge < -0.3 is 4.90 Å². The van der Waals surface area contributed by atoms with Crippen LogP contribution in [0.15, 0.2) is 35.1 Å². The van der Waals surface area contributed by atoms with Crippen molar-refractivity contribution in [3.8, 4) is 5.69 Å². The molecule has 0 saturated heterocycles. The predicted octanol–water partition coefficient (Wildman–Crippen LogP) is 3.70. The van der Waals surface area contributed by atoms with Crippen LogP contribution in [0, 0.1) is 0 Å². The summed E-state index contributed by atoms with van der Waals surface area (Å²) in [6.45, 7) is 12.2. The van der Waals surface area contributed by atoms with Gasteiger partial charge in [0.1, 0.15) is 5.82 Å². The van der Waals surface area contributed by atoms with E-state index in [9.17, 15) is 4.79 Å². The predicted molar refractivity (Wildman–Crippen MR) is 106 cm³/mol. The Morgan fingerprint density at radius 2 is 1.64 bits per heavy atom. The van der Waals surface area contributed by atoms with E-state index in [0.717, 1.165) is 44.0 Å². The molecule has 25 heavy (non-hydrogen) atoms. The molecule has 0 atom stereocenters. The first-order valence-corrected chi connectivity index (χ1v) is 9.13. The van der Waals surface area contributed by atoms with Gasteiger partial charge in [0.2, 0.25) is 0 Å². The van der Waals surface area contributed by atoms with Crippen LogP contribution in [-0.2, 0) is 6.54 Å². The fourth-order valence-corrected chi connectivity index (χ4v) is 3.10. The molecule has 0 saturated carbocycles. The summed E-state index contributed by atoms with van der Waals surface area (Å²) < 4.78 is 3.43. The van der Waals surface area contributed by atoms with Gasteiger partial charge in [-0.1, -0.05) is 45.9 Å². The number of likely N-dealkylation sites (N-methyl/N-ethyl adjacent to an activating group) is 1. The zero-order valence-corrected chi connectivity index (χ0v) is 16.6. The molecule has 1 aromatic heterocycles. The molecule has 0 unspecified atom stereocenters. The molecule has 0 N–H and O–H groups in total. The van der Waals surface area contributed by atoms with E-state index in [-0.39, 0.29) is 18.1 Å². The fourth-order valence-electron chi connectivity index (χ4n) is 3.10. The lowest BCUT2D eigenvalue weighted by molar-refractivity contribution is 0.286. The maximum Gasteiger partial charge on any atom is 0.350 e. The van der Waals surface area contributed by atoms with Crippen molar-refractivity contribution in [1.82, 2.24) is 19.2 Å². The first kappa shape index (κ1) is 21.5. The SMILES string of the molecule is CCC(CC)c1nn(-c2ccccc2)c(=O)n1CCN(CC)CC.Cl. The van der Waals surface area contributed by atoms with E-state index in [4.69, 9.17) is 5.10 Å². The number of benzene rings is 1. The standard InChI is InChI=1S/C19H30N4O.ClH/c1-5-16(6-2)18-20-23(17-12-10-9-11-13-17)19(24)22(18)15-14-21(7-3)8-4;/h9-13,16H,5-8,14-15H2,1-4H3;1H. The molecule has 2 rings (SSSR count). The maximum atomic E-state index is 13.0. The smallest absolute Gasteiger partial charge is 0.302 e. The highest BCUT2D eigenvalue weighted by Gasteiger charge is 2.20. The fraction of sp³-hybridized carbons (Fsp3) is 0.579. The molecule has 0 spiro atoms. The molecule has 0 bridgehead atoms. The van der Waals surface area contributed by atoms with Gasteiger partial charge in [-0.3, -0.25) is 4.57 Å². The van der Waals surface area contributed by atoms with Crippen molar-refractivity contribution in [2.75, 3.05) is 19.6 Å². The Labute approximate surface area is 157 Å². The van der Waals surface area contributed by atoms with Gasteiger partial charge in [-0.15, -0.1) is 17.5 Å². The summed E-state index contributed by atoms with van der Waals surface area (Å²) in [6.07, 6.45) is 1.99. The highest BCUT2D eigenvalue weighted by Crippen LogP contribution is 2.20. The summed E-state index contributed by atoms with van der Waals surface area (Å²) in [5.74, 6) is 1.24. The Morgan fingerprint density at radius 3 is 2.16 bits per heavy atom. The van der Waals surface area contributed by atoms with Crippen molar-refractivity contribution in [1.29, 1.82) is 0 Å². The van der Waals surface area contributed by atoms with Crippen LogP contribution in [0.1, 0.15) is 52.3 Å². The molecule has 0 aliphatic heterocycles. The van der Waals surface area contributed by atoms with Crippen molar-refractivity contribution in [2.24, 2.45) is 0 Å². The van der Waals surface area contributed by atoms with E-state index in [1.54, 1.807) is 4.68 Å². The molecule has 0 aliphatic carbocycles. The third kappa shape index (κ3) is 4.95. The molecule has 1 aromatic carbocycles. The van der Waals surface area contributed by atoms with Crippen molar-refractivity contribution in [2.45, 2.75) is 53.0 Å². The van der Waals surface area contributed by atoms with Gasteiger partial charge in [-0.05, 0) is 38.1 Å². The van der Waals surface area contributed by atoms with Crippen LogP contribution in [0.2, 0.25) is 0 Å². The minimum atomic E-state index is -0.0322. The Bertz CT molecular complexity index is 672. The van der Waals surface area contributed by atoms with Gasteiger partial charge >= 0.3 is 5.69 Å². The second-order valence-corrected chi connectivity index (χ2v) is 6.08. The van der Waals surface area contributed by atoms with Crippen LogP contribution >= 0.6 is 12.4 Å². The molecule has 6 heteroatoms. The summed E-state index contributed by atoms with van der Waals surface area (Å²) in [4.78, 5) is 15.3. The Balaban J connectivity index is 0.00000312. The number of halogens is 1. The van der Waals surface area contributed by atoms with Crippen molar-refractivity contribution in [3.63, 3.8) is 0 Å².